The number of nitrogens with zero attached hydrogens (tertiary/aromatic N) is 3. The van der Waals surface area contributed by atoms with Gasteiger partial charge >= 0.3 is 14.0 Å². The topological polar surface area (TPSA) is 85.9 Å². The molecule has 2 rings (SSSR count). The predicted molar refractivity (Wildman–Crippen MR) is 130 cm³/mol. The molecule has 1 aromatic carbocycles. The first-order valence-corrected chi connectivity index (χ1v) is 13.6. The van der Waals surface area contributed by atoms with Gasteiger partial charge in [0, 0.05) is 31.1 Å². The minimum atomic E-state index is -2.29. The molecule has 0 saturated heterocycles. The van der Waals surface area contributed by atoms with Crippen molar-refractivity contribution in [1.82, 2.24) is 9.55 Å². The summed E-state index contributed by atoms with van der Waals surface area (Å²) < 4.78 is 11.2. The summed E-state index contributed by atoms with van der Waals surface area (Å²) in [5, 5.41) is -0.117. The molecule has 2 aromatic rings. The van der Waals surface area contributed by atoms with E-state index in [9.17, 15) is 9.59 Å². The van der Waals surface area contributed by atoms with Crippen LogP contribution in [0.1, 0.15) is 44.5 Å². The van der Waals surface area contributed by atoms with Gasteiger partial charge in [-0.25, -0.2) is 14.8 Å². The Morgan fingerprint density at radius 2 is 1.97 bits per heavy atom. The molecular weight excluding hydrogens is 421 g/mol. The van der Waals surface area contributed by atoms with Crippen LogP contribution in [0.15, 0.2) is 35.5 Å². The van der Waals surface area contributed by atoms with Crippen LogP contribution in [0, 0.1) is 0 Å². The van der Waals surface area contributed by atoms with Gasteiger partial charge in [-0.15, -0.1) is 0 Å². The summed E-state index contributed by atoms with van der Waals surface area (Å²) in [6.07, 6.45) is 4.30. The highest BCUT2D eigenvalue weighted by Gasteiger charge is 2.39. The van der Waals surface area contributed by atoms with Crippen LogP contribution in [0.2, 0.25) is 18.1 Å². The van der Waals surface area contributed by atoms with Crippen molar-refractivity contribution in [3.63, 3.8) is 0 Å². The fourth-order valence-corrected chi connectivity index (χ4v) is 4.47. The van der Waals surface area contributed by atoms with Crippen molar-refractivity contribution in [3.05, 3.63) is 41.9 Å². The van der Waals surface area contributed by atoms with Crippen molar-refractivity contribution in [2.45, 2.75) is 63.7 Å². The molecule has 172 valence electrons. The van der Waals surface area contributed by atoms with Crippen molar-refractivity contribution < 1.29 is 19.0 Å². The molecule has 0 aliphatic heterocycles. The zero-order chi connectivity index (χ0) is 24.1. The highest BCUT2D eigenvalue weighted by atomic mass is 28.4. The number of esters is 1. The molecule has 0 aliphatic carbocycles. The third-order valence-electron chi connectivity index (χ3n) is 6.28. The quantitative estimate of drug-likeness (QED) is 0.255. The molecule has 0 fully saturated rings. The highest BCUT2D eigenvalue weighted by molar-refractivity contribution is 6.72. The molecular formula is C23H34BN3O4Si. The van der Waals surface area contributed by atoms with E-state index in [1.54, 1.807) is 0 Å². The van der Waals surface area contributed by atoms with Crippen LogP contribution in [0.25, 0.3) is 11.3 Å². The number of aliphatic imine (C=N–C) groups is 1. The molecule has 32 heavy (non-hydrogen) atoms. The Hall–Kier alpha value is -2.39. The van der Waals surface area contributed by atoms with E-state index in [1.807, 2.05) is 50.6 Å². The van der Waals surface area contributed by atoms with E-state index in [0.29, 0.717) is 6.42 Å². The van der Waals surface area contributed by atoms with E-state index in [0.717, 1.165) is 35.5 Å². The number of methoxy groups -OCH3 is 1. The van der Waals surface area contributed by atoms with E-state index in [1.165, 1.54) is 7.11 Å². The molecule has 9 heteroatoms. The molecule has 1 aromatic heterocycles. The predicted octanol–water partition coefficient (Wildman–Crippen LogP) is 3.77. The Labute approximate surface area is 193 Å². The van der Waals surface area contributed by atoms with E-state index in [2.05, 4.69) is 35.0 Å². The third kappa shape index (κ3) is 6.32. The van der Waals surface area contributed by atoms with Gasteiger partial charge in [-0.1, -0.05) is 45.0 Å². The fourth-order valence-electron chi connectivity index (χ4n) is 3.66. The second kappa shape index (κ2) is 10.5. The lowest BCUT2D eigenvalue weighted by molar-refractivity contribution is -0.142. The summed E-state index contributed by atoms with van der Waals surface area (Å²) in [6.45, 7) is 10.4. The van der Waals surface area contributed by atoms with Crippen LogP contribution in [0.4, 0.5) is 0 Å². The second-order valence-electron chi connectivity index (χ2n) is 9.47. The van der Waals surface area contributed by atoms with Gasteiger partial charge in [-0.2, -0.15) is 0 Å². The van der Waals surface area contributed by atoms with Gasteiger partial charge < -0.3 is 18.8 Å². The van der Waals surface area contributed by atoms with Gasteiger partial charge in [0.05, 0.1) is 12.8 Å². The molecule has 0 amide bonds. The van der Waals surface area contributed by atoms with Crippen LogP contribution in [0.5, 0.6) is 0 Å². The Morgan fingerprint density at radius 3 is 2.50 bits per heavy atom. The molecule has 0 spiro atoms. The molecule has 2 radical (unpaired) electrons. The van der Waals surface area contributed by atoms with Crippen LogP contribution < -0.4 is 0 Å². The number of benzene rings is 1. The second-order valence-corrected chi connectivity index (χ2v) is 13.9. The molecule has 1 N–H and O–H groups in total. The average Bonchev–Trinajstić information content (AvgIpc) is 3.11. The lowest BCUT2D eigenvalue weighted by Crippen LogP contribution is -2.39. The number of carbonyl (C=O) groups excluding carboxylic acids is 1. The number of aryl methyl sites for hydroxylation is 1. The third-order valence-corrected chi connectivity index (χ3v) is 9.80. The van der Waals surface area contributed by atoms with E-state index >= 15 is 0 Å². The maximum absolute atomic E-state index is 11.9. The van der Waals surface area contributed by atoms with Crippen molar-refractivity contribution in [1.29, 1.82) is 0 Å². The molecule has 1 heterocycles. The summed E-state index contributed by atoms with van der Waals surface area (Å²) in [6, 6.07) is 7.14. The van der Waals surface area contributed by atoms with E-state index in [-0.39, 0.29) is 11.0 Å². The normalized spacial score (nSPS) is 14.4. The fraction of sp³-hybridized carbons (Fsp3) is 0.522. The first-order chi connectivity index (χ1) is 14.9. The Morgan fingerprint density at radius 1 is 1.34 bits per heavy atom. The largest absolute Gasteiger partial charge is 0.560 e. The zero-order valence-electron chi connectivity index (χ0n) is 20.1. The van der Waals surface area contributed by atoms with Crippen LogP contribution >= 0.6 is 0 Å². The molecule has 0 aliphatic rings. The number of rotatable bonds is 10. The number of imidazole rings is 1. The van der Waals surface area contributed by atoms with E-state index < -0.39 is 20.3 Å². The van der Waals surface area contributed by atoms with Crippen LogP contribution in [0.3, 0.4) is 0 Å². The number of aromatic nitrogens is 2. The molecule has 7 nitrogen and oxygen atoms in total. The number of carbonyl (C=O) groups is 1. The lowest BCUT2D eigenvalue weighted by Gasteiger charge is -2.36. The van der Waals surface area contributed by atoms with Crippen molar-refractivity contribution in [2.75, 3.05) is 7.11 Å². The first kappa shape index (κ1) is 25.9. The summed E-state index contributed by atoms with van der Waals surface area (Å²) in [4.78, 5) is 31.4. The lowest BCUT2D eigenvalue weighted by atomic mass is 9.97. The smallest absolute Gasteiger partial charge is 0.375 e. The Kier molecular flexibility index (Phi) is 8.48. The first-order valence-electron chi connectivity index (χ1n) is 10.7. The van der Waals surface area contributed by atoms with Gasteiger partial charge in [-0.3, -0.25) is 0 Å². The van der Waals surface area contributed by atoms with Crippen LogP contribution in [-0.2, 0) is 27.7 Å². The van der Waals surface area contributed by atoms with Crippen molar-refractivity contribution in [3.8, 4) is 11.3 Å². The maximum Gasteiger partial charge on any atom is 0.375 e. The standard InChI is InChI=1S/C23H34BN3O4Si/c1-16(13-23(2,3)32(6,7)29)21-26-20(14-27(21)4)18-10-8-17(9-11-18)12-19(22(28)30-5)25-15-31-24/h8-11,14-16,19,29H,12-13H2,1-7H3. The molecule has 2 unspecified atom stereocenters. The van der Waals surface area contributed by atoms with Gasteiger partial charge in [0.15, 0.2) is 20.8 Å². The van der Waals surface area contributed by atoms with Gasteiger partial charge in [-0.05, 0) is 30.1 Å². The van der Waals surface area contributed by atoms with E-state index in [4.69, 9.17) is 17.8 Å². The number of hydrogen-bond acceptors (Lipinski definition) is 6. The molecule has 0 bridgehead atoms. The zero-order valence-corrected chi connectivity index (χ0v) is 21.1. The molecule has 2 atom stereocenters. The SMILES string of the molecule is [B]OC=NC(Cc1ccc(-c2cn(C)c(C(C)CC(C)(C)[Si](C)(C)O)n2)cc1)C(=O)OC. The number of ether oxygens (including phenoxy) is 1. The summed E-state index contributed by atoms with van der Waals surface area (Å²) >= 11 is 0. The molecule has 0 saturated carbocycles. The summed E-state index contributed by atoms with van der Waals surface area (Å²) in [5.74, 6) is 0.755. The minimum absolute atomic E-state index is 0.117. The summed E-state index contributed by atoms with van der Waals surface area (Å²) in [7, 11) is 6.00. The van der Waals surface area contributed by atoms with Gasteiger partial charge in [0.2, 0.25) is 0 Å². The van der Waals surface area contributed by atoms with Gasteiger partial charge in [0.1, 0.15) is 5.82 Å². The minimum Gasteiger partial charge on any atom is -0.560 e. The maximum atomic E-state index is 11.9. The average molecular weight is 455 g/mol. The Balaban J connectivity index is 2.18. The van der Waals surface area contributed by atoms with Crippen LogP contribution in [-0.4, -0.2) is 56.2 Å². The van der Waals surface area contributed by atoms with Crippen molar-refractivity contribution in [2.24, 2.45) is 12.0 Å². The van der Waals surface area contributed by atoms with Gasteiger partial charge in [0.25, 0.3) is 0 Å². The summed E-state index contributed by atoms with van der Waals surface area (Å²) in [5.41, 5.74) is 2.81. The highest BCUT2D eigenvalue weighted by Crippen LogP contribution is 2.43. The number of hydrogen-bond donors (Lipinski definition) is 1. The monoisotopic (exact) mass is 455 g/mol. The van der Waals surface area contributed by atoms with Crippen molar-refractivity contribution >= 4 is 28.7 Å². The Bertz CT molecular complexity index is 936.